The van der Waals surface area contributed by atoms with Crippen molar-refractivity contribution in [2.24, 2.45) is 11.7 Å². The van der Waals surface area contributed by atoms with Crippen LogP contribution in [-0.2, 0) is 0 Å². The highest BCUT2D eigenvalue weighted by molar-refractivity contribution is 5.44. The topological polar surface area (TPSA) is 46.2 Å². The fraction of sp³-hybridized carbons (Fsp3) is 0.571. The van der Waals surface area contributed by atoms with E-state index >= 15 is 0 Å². The van der Waals surface area contributed by atoms with E-state index in [1.54, 1.807) is 0 Å². The Bertz CT molecular complexity index is 394. The van der Waals surface area contributed by atoms with Gasteiger partial charge in [-0.15, -0.1) is 0 Å². The second-order valence-electron chi connectivity index (χ2n) is 5.29. The molecule has 0 radical (unpaired) electrons. The number of phenols is 1. The van der Waals surface area contributed by atoms with E-state index in [1.165, 1.54) is 18.4 Å². The standard InChI is InChI=1S/C14H21NO/c1-8(2)11-7-12(9(3)6-13(11)16)14(15)10-4-5-10/h6-8,10,14,16H,4-5,15H2,1-3H3. The Morgan fingerprint density at radius 2 is 1.88 bits per heavy atom. The fourth-order valence-electron chi connectivity index (χ4n) is 2.26. The van der Waals surface area contributed by atoms with Gasteiger partial charge >= 0.3 is 0 Å². The molecule has 1 aromatic carbocycles. The maximum absolute atomic E-state index is 9.88. The van der Waals surface area contributed by atoms with Crippen molar-refractivity contribution in [3.05, 3.63) is 28.8 Å². The minimum Gasteiger partial charge on any atom is -0.508 e. The molecule has 0 amide bonds. The van der Waals surface area contributed by atoms with E-state index in [2.05, 4.69) is 19.9 Å². The van der Waals surface area contributed by atoms with Crippen LogP contribution in [0.3, 0.4) is 0 Å². The first-order valence-corrected chi connectivity index (χ1v) is 6.09. The maximum Gasteiger partial charge on any atom is 0.119 e. The molecule has 1 aliphatic carbocycles. The third-order valence-corrected chi connectivity index (χ3v) is 3.53. The average molecular weight is 219 g/mol. The first kappa shape index (κ1) is 11.5. The molecule has 2 rings (SSSR count). The van der Waals surface area contributed by atoms with Gasteiger partial charge in [0.2, 0.25) is 0 Å². The summed E-state index contributed by atoms with van der Waals surface area (Å²) in [4.78, 5) is 0. The molecule has 0 bridgehead atoms. The van der Waals surface area contributed by atoms with E-state index in [0.717, 1.165) is 11.1 Å². The molecule has 1 saturated carbocycles. The molecule has 1 aliphatic rings. The van der Waals surface area contributed by atoms with Crippen LogP contribution in [0.4, 0.5) is 0 Å². The van der Waals surface area contributed by atoms with E-state index < -0.39 is 0 Å². The monoisotopic (exact) mass is 219 g/mol. The van der Waals surface area contributed by atoms with Crippen molar-refractivity contribution >= 4 is 0 Å². The summed E-state index contributed by atoms with van der Waals surface area (Å²) >= 11 is 0. The lowest BCUT2D eigenvalue weighted by molar-refractivity contribution is 0.463. The quantitative estimate of drug-likeness (QED) is 0.819. The summed E-state index contributed by atoms with van der Waals surface area (Å²) in [5, 5.41) is 9.88. The predicted octanol–water partition coefficient (Wildman–Crippen LogP) is 3.23. The molecule has 0 aromatic heterocycles. The first-order valence-electron chi connectivity index (χ1n) is 6.09. The Kier molecular flexibility index (Phi) is 2.94. The summed E-state index contributed by atoms with van der Waals surface area (Å²) in [6.07, 6.45) is 2.50. The number of hydrogen-bond donors (Lipinski definition) is 2. The molecule has 1 fully saturated rings. The molecule has 0 saturated heterocycles. The van der Waals surface area contributed by atoms with Gasteiger partial charge in [0.25, 0.3) is 0 Å². The van der Waals surface area contributed by atoms with Gasteiger partial charge < -0.3 is 10.8 Å². The highest BCUT2D eigenvalue weighted by atomic mass is 16.3. The van der Waals surface area contributed by atoms with E-state index in [4.69, 9.17) is 5.73 Å². The fourth-order valence-corrected chi connectivity index (χ4v) is 2.26. The van der Waals surface area contributed by atoms with Gasteiger partial charge in [0, 0.05) is 6.04 Å². The lowest BCUT2D eigenvalue weighted by Gasteiger charge is -2.18. The van der Waals surface area contributed by atoms with Gasteiger partial charge in [-0.05, 0) is 54.4 Å². The normalized spacial score (nSPS) is 17.8. The van der Waals surface area contributed by atoms with Gasteiger partial charge in [0.05, 0.1) is 0 Å². The molecule has 2 nitrogen and oxygen atoms in total. The molecule has 1 unspecified atom stereocenters. The van der Waals surface area contributed by atoms with Crippen molar-refractivity contribution in [2.75, 3.05) is 0 Å². The van der Waals surface area contributed by atoms with Crippen LogP contribution in [0.15, 0.2) is 12.1 Å². The Hall–Kier alpha value is -1.02. The molecular formula is C14H21NO. The van der Waals surface area contributed by atoms with Crippen molar-refractivity contribution in [3.8, 4) is 5.75 Å². The summed E-state index contributed by atoms with van der Waals surface area (Å²) in [6, 6.07) is 4.10. The molecule has 2 heteroatoms. The minimum absolute atomic E-state index is 0.151. The van der Waals surface area contributed by atoms with Gasteiger partial charge in [-0.2, -0.15) is 0 Å². The molecule has 0 heterocycles. The second-order valence-corrected chi connectivity index (χ2v) is 5.29. The number of hydrogen-bond acceptors (Lipinski definition) is 2. The summed E-state index contributed by atoms with van der Waals surface area (Å²) < 4.78 is 0. The third kappa shape index (κ3) is 2.07. The van der Waals surface area contributed by atoms with Gasteiger partial charge in [-0.1, -0.05) is 19.9 Å². The summed E-state index contributed by atoms with van der Waals surface area (Å²) in [5.74, 6) is 1.40. The number of nitrogens with two attached hydrogens (primary N) is 1. The van der Waals surface area contributed by atoms with Gasteiger partial charge in [0.1, 0.15) is 5.75 Å². The second kappa shape index (κ2) is 4.10. The van der Waals surface area contributed by atoms with Crippen molar-refractivity contribution in [1.29, 1.82) is 0 Å². The zero-order valence-corrected chi connectivity index (χ0v) is 10.3. The molecule has 88 valence electrons. The average Bonchev–Trinajstić information content (AvgIpc) is 2.99. The SMILES string of the molecule is Cc1cc(O)c(C(C)C)cc1C(N)C1CC1. The van der Waals surface area contributed by atoms with Crippen LogP contribution in [-0.4, -0.2) is 5.11 Å². The van der Waals surface area contributed by atoms with E-state index in [0.29, 0.717) is 17.6 Å². The number of aryl methyl sites for hydroxylation is 1. The molecule has 1 aromatic rings. The summed E-state index contributed by atoms with van der Waals surface area (Å²) in [7, 11) is 0. The molecule has 0 spiro atoms. The highest BCUT2D eigenvalue weighted by Crippen LogP contribution is 2.42. The van der Waals surface area contributed by atoms with E-state index in [1.807, 2.05) is 13.0 Å². The molecule has 1 atom stereocenters. The molecule has 3 N–H and O–H groups in total. The van der Waals surface area contributed by atoms with Crippen LogP contribution < -0.4 is 5.73 Å². The lowest BCUT2D eigenvalue weighted by Crippen LogP contribution is -2.14. The molecule has 16 heavy (non-hydrogen) atoms. The number of phenolic OH excluding ortho intramolecular Hbond substituents is 1. The summed E-state index contributed by atoms with van der Waals surface area (Å²) in [6.45, 7) is 6.22. The Labute approximate surface area is 97.5 Å². The molecular weight excluding hydrogens is 198 g/mol. The van der Waals surface area contributed by atoms with Crippen molar-refractivity contribution in [1.82, 2.24) is 0 Å². The van der Waals surface area contributed by atoms with Crippen LogP contribution in [0.5, 0.6) is 5.75 Å². The largest absolute Gasteiger partial charge is 0.508 e. The Morgan fingerprint density at radius 1 is 1.25 bits per heavy atom. The number of benzene rings is 1. The van der Waals surface area contributed by atoms with Crippen LogP contribution in [0.1, 0.15) is 55.3 Å². The first-order chi connectivity index (χ1) is 7.50. The third-order valence-electron chi connectivity index (χ3n) is 3.53. The zero-order valence-electron chi connectivity index (χ0n) is 10.3. The zero-order chi connectivity index (χ0) is 11.9. The smallest absolute Gasteiger partial charge is 0.119 e. The van der Waals surface area contributed by atoms with E-state index in [9.17, 15) is 5.11 Å². The minimum atomic E-state index is 0.151. The van der Waals surface area contributed by atoms with Crippen LogP contribution >= 0.6 is 0 Å². The number of aromatic hydroxyl groups is 1. The van der Waals surface area contributed by atoms with Crippen LogP contribution in [0.2, 0.25) is 0 Å². The number of rotatable bonds is 3. The Morgan fingerprint density at radius 3 is 2.38 bits per heavy atom. The Balaban J connectivity index is 2.39. The highest BCUT2D eigenvalue weighted by Gasteiger charge is 2.30. The lowest BCUT2D eigenvalue weighted by atomic mass is 9.92. The van der Waals surface area contributed by atoms with Gasteiger partial charge in [-0.3, -0.25) is 0 Å². The van der Waals surface area contributed by atoms with Gasteiger partial charge in [0.15, 0.2) is 0 Å². The van der Waals surface area contributed by atoms with Gasteiger partial charge in [-0.25, -0.2) is 0 Å². The predicted molar refractivity (Wildman–Crippen MR) is 66.6 cm³/mol. The maximum atomic E-state index is 9.88. The van der Waals surface area contributed by atoms with Crippen LogP contribution in [0, 0.1) is 12.8 Å². The van der Waals surface area contributed by atoms with Crippen molar-refractivity contribution < 1.29 is 5.11 Å². The van der Waals surface area contributed by atoms with Crippen LogP contribution in [0.25, 0.3) is 0 Å². The van der Waals surface area contributed by atoms with E-state index in [-0.39, 0.29) is 6.04 Å². The summed E-state index contributed by atoms with van der Waals surface area (Å²) in [5.41, 5.74) is 9.57. The molecule has 0 aliphatic heterocycles. The van der Waals surface area contributed by atoms with Crippen molar-refractivity contribution in [2.45, 2.75) is 45.6 Å². The van der Waals surface area contributed by atoms with Crippen molar-refractivity contribution in [3.63, 3.8) is 0 Å².